The van der Waals surface area contributed by atoms with Crippen LogP contribution < -0.4 is 0 Å². The SMILES string of the molecule is CCOC(=O)[C@@H](OC(C)(C)C)c1c(C)cc2nc(-c3ccc4c(c3)c(C3CCCCC3)nn4C(F)F)sc2c1-c1ccc(Cl)cc1. The van der Waals surface area contributed by atoms with Gasteiger partial charge in [-0.05, 0) is 95.0 Å². The molecule has 0 spiro atoms. The van der Waals surface area contributed by atoms with Crippen LogP contribution in [-0.2, 0) is 14.3 Å². The molecule has 0 N–H and O–H groups in total. The second-order valence-corrected chi connectivity index (χ2v) is 14.3. The minimum atomic E-state index is -2.72. The summed E-state index contributed by atoms with van der Waals surface area (Å²) in [5.74, 6) is -0.303. The first-order valence-corrected chi connectivity index (χ1v) is 17.0. The molecular weight excluding hydrogens is 628 g/mol. The van der Waals surface area contributed by atoms with Gasteiger partial charge in [-0.25, -0.2) is 14.5 Å². The fourth-order valence-electron chi connectivity index (χ4n) is 6.50. The van der Waals surface area contributed by atoms with Gasteiger partial charge in [0.15, 0.2) is 6.10 Å². The molecule has 10 heteroatoms. The molecule has 5 aromatic rings. The van der Waals surface area contributed by atoms with Gasteiger partial charge in [0.2, 0.25) is 0 Å². The zero-order valence-electron chi connectivity index (χ0n) is 26.7. The summed E-state index contributed by atoms with van der Waals surface area (Å²) in [4.78, 5) is 18.5. The Morgan fingerprint density at radius 2 is 1.76 bits per heavy atom. The number of benzene rings is 3. The number of nitrogens with zero attached hydrogens (tertiary/aromatic N) is 3. The summed E-state index contributed by atoms with van der Waals surface area (Å²) in [5.41, 5.74) is 5.37. The topological polar surface area (TPSA) is 66.2 Å². The lowest BCUT2D eigenvalue weighted by Crippen LogP contribution is -2.29. The molecule has 6 rings (SSSR count). The third kappa shape index (κ3) is 6.42. The molecule has 0 saturated heterocycles. The number of thiazole rings is 1. The second-order valence-electron chi connectivity index (χ2n) is 12.9. The van der Waals surface area contributed by atoms with Crippen molar-refractivity contribution in [3.05, 3.63) is 70.4 Å². The van der Waals surface area contributed by atoms with Gasteiger partial charge in [-0.3, -0.25) is 0 Å². The van der Waals surface area contributed by atoms with E-state index in [1.807, 2.05) is 70.2 Å². The van der Waals surface area contributed by atoms with E-state index in [0.717, 1.165) is 85.3 Å². The van der Waals surface area contributed by atoms with Gasteiger partial charge in [-0.2, -0.15) is 13.9 Å². The van der Waals surface area contributed by atoms with Gasteiger partial charge in [-0.1, -0.05) is 43.0 Å². The predicted octanol–water partition coefficient (Wildman–Crippen LogP) is 10.8. The first kappa shape index (κ1) is 32.5. The zero-order chi connectivity index (χ0) is 32.7. The van der Waals surface area contributed by atoms with Crippen LogP contribution in [-0.4, -0.2) is 32.9 Å². The second kappa shape index (κ2) is 13.0. The van der Waals surface area contributed by atoms with Crippen molar-refractivity contribution in [3.8, 4) is 21.7 Å². The lowest BCUT2D eigenvalue weighted by atomic mass is 9.86. The van der Waals surface area contributed by atoms with E-state index >= 15 is 0 Å². The number of esters is 1. The fourth-order valence-corrected chi connectivity index (χ4v) is 7.74. The number of aromatic nitrogens is 3. The molecule has 242 valence electrons. The Balaban J connectivity index is 1.56. The van der Waals surface area contributed by atoms with Crippen molar-refractivity contribution in [1.82, 2.24) is 14.8 Å². The van der Waals surface area contributed by atoms with E-state index in [-0.39, 0.29) is 12.5 Å². The number of rotatable bonds is 8. The molecule has 0 amide bonds. The molecule has 2 heterocycles. The van der Waals surface area contributed by atoms with Crippen molar-refractivity contribution in [2.75, 3.05) is 6.61 Å². The van der Waals surface area contributed by atoms with Gasteiger partial charge in [0.25, 0.3) is 0 Å². The Bertz CT molecular complexity index is 1890. The van der Waals surface area contributed by atoms with Crippen molar-refractivity contribution in [2.45, 2.75) is 90.9 Å². The molecule has 6 nitrogen and oxygen atoms in total. The van der Waals surface area contributed by atoms with Crippen LogP contribution in [0.2, 0.25) is 5.02 Å². The zero-order valence-corrected chi connectivity index (χ0v) is 28.3. The van der Waals surface area contributed by atoms with Crippen LogP contribution in [0.1, 0.15) is 95.2 Å². The third-order valence-corrected chi connectivity index (χ3v) is 9.84. The van der Waals surface area contributed by atoms with Crippen LogP contribution in [0.3, 0.4) is 0 Å². The minimum Gasteiger partial charge on any atom is -0.464 e. The Hall–Kier alpha value is -3.40. The van der Waals surface area contributed by atoms with Crippen molar-refractivity contribution in [1.29, 1.82) is 0 Å². The summed E-state index contributed by atoms with van der Waals surface area (Å²) in [5, 5.41) is 6.52. The Morgan fingerprint density at radius 1 is 1.07 bits per heavy atom. The lowest BCUT2D eigenvalue weighted by Gasteiger charge is -2.29. The van der Waals surface area contributed by atoms with Crippen molar-refractivity contribution >= 4 is 50.0 Å². The average Bonchev–Trinajstić information content (AvgIpc) is 3.61. The highest BCUT2D eigenvalue weighted by Crippen LogP contribution is 2.45. The van der Waals surface area contributed by atoms with E-state index in [1.165, 1.54) is 11.3 Å². The molecular formula is C36H38ClF2N3O3S. The monoisotopic (exact) mass is 665 g/mol. The van der Waals surface area contributed by atoms with Crippen LogP contribution in [0, 0.1) is 6.92 Å². The van der Waals surface area contributed by atoms with Gasteiger partial charge >= 0.3 is 12.5 Å². The summed E-state index contributed by atoms with van der Waals surface area (Å²) in [6, 6.07) is 15.0. The van der Waals surface area contributed by atoms with Crippen LogP contribution in [0.15, 0.2) is 48.5 Å². The first-order chi connectivity index (χ1) is 21.9. The Labute approximate surface area is 276 Å². The molecule has 1 aliphatic carbocycles. The molecule has 1 saturated carbocycles. The number of fused-ring (bicyclic) bond motifs is 2. The van der Waals surface area contributed by atoms with Crippen LogP contribution in [0.5, 0.6) is 0 Å². The van der Waals surface area contributed by atoms with Crippen molar-refractivity contribution in [3.63, 3.8) is 0 Å². The largest absolute Gasteiger partial charge is 0.464 e. The number of ether oxygens (including phenoxy) is 2. The molecule has 1 atom stereocenters. The Morgan fingerprint density at radius 3 is 2.41 bits per heavy atom. The highest BCUT2D eigenvalue weighted by Gasteiger charge is 2.34. The predicted molar refractivity (Wildman–Crippen MR) is 181 cm³/mol. The van der Waals surface area contributed by atoms with Crippen molar-refractivity contribution in [2.24, 2.45) is 0 Å². The molecule has 1 fully saturated rings. The Kier molecular flexibility index (Phi) is 9.20. The smallest absolute Gasteiger partial charge is 0.339 e. The third-order valence-electron chi connectivity index (χ3n) is 8.45. The maximum atomic E-state index is 14.1. The summed E-state index contributed by atoms with van der Waals surface area (Å²) in [7, 11) is 0. The molecule has 0 radical (unpaired) electrons. The number of carbonyl (C=O) groups excluding carboxylic acids is 1. The van der Waals surface area contributed by atoms with E-state index < -0.39 is 24.2 Å². The normalized spacial score (nSPS) is 15.2. The number of aryl methyl sites for hydroxylation is 1. The number of alkyl halides is 2. The van der Waals surface area contributed by atoms with Gasteiger partial charge in [0, 0.05) is 33.0 Å². The molecule has 0 bridgehead atoms. The number of hydrogen-bond donors (Lipinski definition) is 0. The quantitative estimate of drug-likeness (QED) is 0.154. The van der Waals surface area contributed by atoms with E-state index in [9.17, 15) is 13.6 Å². The standard InChI is InChI=1S/C36H38ClF2N3O3S/c1-6-44-34(43)31(45-36(3,4)5)28-20(2)18-26-32(29(28)21-12-15-24(37)16-13-21)46-33(40-26)23-14-17-27-25(19-23)30(41-42(27)35(38)39)22-10-8-7-9-11-22/h12-19,22,31,35H,6-11H2,1-5H3/t31-/m0/s1. The van der Waals surface area contributed by atoms with Crippen molar-refractivity contribution < 1.29 is 23.0 Å². The lowest BCUT2D eigenvalue weighted by molar-refractivity contribution is -0.166. The molecule has 0 unspecified atom stereocenters. The summed E-state index contributed by atoms with van der Waals surface area (Å²) in [6.45, 7) is 6.96. The first-order valence-electron chi connectivity index (χ1n) is 15.8. The summed E-state index contributed by atoms with van der Waals surface area (Å²) >= 11 is 7.78. The van der Waals surface area contributed by atoms with Crippen LogP contribution in [0.4, 0.5) is 8.78 Å². The highest BCUT2D eigenvalue weighted by molar-refractivity contribution is 7.22. The van der Waals surface area contributed by atoms with E-state index in [4.69, 9.17) is 26.1 Å². The highest BCUT2D eigenvalue weighted by atomic mass is 35.5. The van der Waals surface area contributed by atoms with Crippen LogP contribution in [0.25, 0.3) is 42.8 Å². The maximum absolute atomic E-state index is 14.1. The van der Waals surface area contributed by atoms with Gasteiger partial charge in [-0.15, -0.1) is 11.3 Å². The summed E-state index contributed by atoms with van der Waals surface area (Å²) < 4.78 is 41.8. The molecule has 1 aliphatic rings. The summed E-state index contributed by atoms with van der Waals surface area (Å²) in [6.07, 6.45) is 4.24. The molecule has 3 aromatic carbocycles. The maximum Gasteiger partial charge on any atom is 0.339 e. The number of carbonyl (C=O) groups is 1. The minimum absolute atomic E-state index is 0.159. The molecule has 46 heavy (non-hydrogen) atoms. The fraction of sp³-hybridized carbons (Fsp3) is 0.417. The van der Waals surface area contributed by atoms with Gasteiger partial charge in [0.1, 0.15) is 5.01 Å². The number of halogens is 3. The molecule has 2 aromatic heterocycles. The van der Waals surface area contributed by atoms with Crippen LogP contribution >= 0.6 is 22.9 Å². The van der Waals surface area contributed by atoms with E-state index in [1.54, 1.807) is 13.0 Å². The van der Waals surface area contributed by atoms with E-state index in [0.29, 0.717) is 16.1 Å². The van der Waals surface area contributed by atoms with Gasteiger partial charge in [0.05, 0.1) is 33.6 Å². The number of hydrogen-bond acceptors (Lipinski definition) is 6. The average molecular weight is 666 g/mol. The van der Waals surface area contributed by atoms with E-state index in [2.05, 4.69) is 5.10 Å². The van der Waals surface area contributed by atoms with Gasteiger partial charge < -0.3 is 9.47 Å². The molecule has 0 aliphatic heterocycles.